The van der Waals surface area contributed by atoms with Crippen molar-refractivity contribution in [1.82, 2.24) is 5.32 Å². The van der Waals surface area contributed by atoms with Crippen molar-refractivity contribution in [2.45, 2.75) is 44.2 Å². The van der Waals surface area contributed by atoms with Gasteiger partial charge in [-0.2, -0.15) is 0 Å². The van der Waals surface area contributed by atoms with Gasteiger partial charge in [-0.3, -0.25) is 0 Å². The number of hydrogen-bond donors (Lipinski definition) is 1. The van der Waals surface area contributed by atoms with E-state index < -0.39 is 0 Å². The summed E-state index contributed by atoms with van der Waals surface area (Å²) >= 11 is 1.85. The first kappa shape index (κ1) is 12.9. The molecule has 2 atom stereocenters. The summed E-state index contributed by atoms with van der Waals surface area (Å²) in [6.45, 7) is 1.02. The van der Waals surface area contributed by atoms with Crippen LogP contribution < -0.4 is 5.32 Å². The van der Waals surface area contributed by atoms with Gasteiger partial charge in [-0.05, 0) is 35.8 Å². The van der Waals surface area contributed by atoms with E-state index in [-0.39, 0.29) is 0 Å². The molecule has 100 valence electrons. The fourth-order valence-electron chi connectivity index (χ4n) is 3.12. The van der Waals surface area contributed by atoms with Crippen molar-refractivity contribution in [2.75, 3.05) is 0 Å². The van der Waals surface area contributed by atoms with Gasteiger partial charge in [-0.1, -0.05) is 49.2 Å². The molecular formula is C17H21NS. The Bertz CT molecular complexity index is 477. The summed E-state index contributed by atoms with van der Waals surface area (Å²) in [5.74, 6) is 0.690. The van der Waals surface area contributed by atoms with Gasteiger partial charge in [-0.25, -0.2) is 0 Å². The standard InChI is InChI=1S/C17H21NS/c1-2-7-14(8-3-1)16-10-4-5-11-17(16)18-13-15-9-6-12-19-15/h1-3,6-9,12,16-18H,4-5,10-11,13H2. The van der Waals surface area contributed by atoms with Crippen LogP contribution in [0, 0.1) is 0 Å². The molecule has 2 heteroatoms. The Morgan fingerprint density at radius 2 is 1.84 bits per heavy atom. The zero-order valence-corrected chi connectivity index (χ0v) is 12.0. The quantitative estimate of drug-likeness (QED) is 0.859. The predicted octanol–water partition coefficient (Wildman–Crippen LogP) is 4.56. The lowest BCUT2D eigenvalue weighted by atomic mass is 9.80. The van der Waals surface area contributed by atoms with Crippen molar-refractivity contribution >= 4 is 11.3 Å². The van der Waals surface area contributed by atoms with Crippen LogP contribution in [-0.2, 0) is 6.54 Å². The highest BCUT2D eigenvalue weighted by Crippen LogP contribution is 2.33. The second-order valence-corrected chi connectivity index (χ2v) is 6.40. The molecule has 0 radical (unpaired) electrons. The maximum atomic E-state index is 3.78. The summed E-state index contributed by atoms with van der Waals surface area (Å²) in [6.07, 6.45) is 5.37. The van der Waals surface area contributed by atoms with Crippen molar-refractivity contribution < 1.29 is 0 Å². The second kappa shape index (κ2) is 6.36. The Hall–Kier alpha value is -1.12. The van der Waals surface area contributed by atoms with Gasteiger partial charge < -0.3 is 5.32 Å². The first-order valence-electron chi connectivity index (χ1n) is 7.24. The molecule has 0 amide bonds. The van der Waals surface area contributed by atoms with Gasteiger partial charge in [0, 0.05) is 17.5 Å². The molecule has 0 spiro atoms. The van der Waals surface area contributed by atoms with Crippen LogP contribution in [-0.4, -0.2) is 6.04 Å². The fraction of sp³-hybridized carbons (Fsp3) is 0.412. The molecule has 0 saturated heterocycles. The van der Waals surface area contributed by atoms with Crippen molar-refractivity contribution in [3.8, 4) is 0 Å². The van der Waals surface area contributed by atoms with Crippen LogP contribution in [0.15, 0.2) is 47.8 Å². The van der Waals surface area contributed by atoms with Gasteiger partial charge in [0.05, 0.1) is 0 Å². The molecule has 19 heavy (non-hydrogen) atoms. The fourth-order valence-corrected chi connectivity index (χ4v) is 3.77. The highest BCUT2D eigenvalue weighted by atomic mass is 32.1. The number of hydrogen-bond acceptors (Lipinski definition) is 2. The molecule has 1 aromatic carbocycles. The van der Waals surface area contributed by atoms with Gasteiger partial charge in [-0.15, -0.1) is 11.3 Å². The lowest BCUT2D eigenvalue weighted by Crippen LogP contribution is -2.36. The summed E-state index contributed by atoms with van der Waals surface area (Å²) < 4.78 is 0. The summed E-state index contributed by atoms with van der Waals surface area (Å²) in [4.78, 5) is 1.44. The Morgan fingerprint density at radius 3 is 2.63 bits per heavy atom. The van der Waals surface area contributed by atoms with Crippen molar-refractivity contribution in [3.63, 3.8) is 0 Å². The Morgan fingerprint density at radius 1 is 1.00 bits per heavy atom. The smallest absolute Gasteiger partial charge is 0.0302 e. The van der Waals surface area contributed by atoms with Crippen molar-refractivity contribution in [1.29, 1.82) is 0 Å². The second-order valence-electron chi connectivity index (χ2n) is 5.37. The van der Waals surface area contributed by atoms with Crippen LogP contribution in [0.3, 0.4) is 0 Å². The molecule has 0 aliphatic heterocycles. The molecule has 1 aromatic heterocycles. The molecule has 2 aromatic rings. The Labute approximate surface area is 119 Å². The van der Waals surface area contributed by atoms with Crippen LogP contribution in [0.1, 0.15) is 42.0 Å². The van der Waals surface area contributed by atoms with E-state index in [4.69, 9.17) is 0 Å². The molecule has 1 aliphatic rings. The molecule has 1 fully saturated rings. The summed E-state index contributed by atoms with van der Waals surface area (Å²) in [7, 11) is 0. The first-order valence-corrected chi connectivity index (χ1v) is 8.12. The van der Waals surface area contributed by atoms with Crippen LogP contribution >= 0.6 is 11.3 Å². The van der Waals surface area contributed by atoms with Gasteiger partial charge in [0.25, 0.3) is 0 Å². The van der Waals surface area contributed by atoms with Crippen LogP contribution in [0.25, 0.3) is 0 Å². The molecule has 2 unspecified atom stereocenters. The van der Waals surface area contributed by atoms with Crippen LogP contribution in [0.4, 0.5) is 0 Å². The van der Waals surface area contributed by atoms with Gasteiger partial charge >= 0.3 is 0 Å². The molecule has 0 bridgehead atoms. The van der Waals surface area contributed by atoms with E-state index in [2.05, 4.69) is 53.2 Å². The van der Waals surface area contributed by atoms with E-state index in [1.165, 1.54) is 36.1 Å². The number of nitrogens with one attached hydrogen (secondary N) is 1. The maximum absolute atomic E-state index is 3.78. The van der Waals surface area contributed by atoms with Crippen molar-refractivity contribution in [3.05, 3.63) is 58.3 Å². The number of benzene rings is 1. The van der Waals surface area contributed by atoms with E-state index in [1.54, 1.807) is 0 Å². The Kier molecular flexibility index (Phi) is 4.31. The highest BCUT2D eigenvalue weighted by Gasteiger charge is 2.25. The first-order chi connectivity index (χ1) is 9.43. The third-order valence-electron chi connectivity index (χ3n) is 4.11. The zero-order chi connectivity index (χ0) is 12.9. The normalized spacial score (nSPS) is 23.4. The zero-order valence-electron chi connectivity index (χ0n) is 11.2. The summed E-state index contributed by atoms with van der Waals surface area (Å²) in [5.41, 5.74) is 1.51. The monoisotopic (exact) mass is 271 g/mol. The van der Waals surface area contributed by atoms with Gasteiger partial charge in [0.1, 0.15) is 0 Å². The van der Waals surface area contributed by atoms with E-state index in [9.17, 15) is 0 Å². The lowest BCUT2D eigenvalue weighted by Gasteiger charge is -2.32. The summed E-state index contributed by atoms with van der Waals surface area (Å²) in [5, 5.41) is 5.94. The SMILES string of the molecule is c1ccc(C2CCCCC2NCc2cccs2)cc1. The van der Waals surface area contributed by atoms with Crippen molar-refractivity contribution in [2.24, 2.45) is 0 Å². The highest BCUT2D eigenvalue weighted by molar-refractivity contribution is 7.09. The third-order valence-corrected chi connectivity index (χ3v) is 4.99. The van der Waals surface area contributed by atoms with Gasteiger partial charge in [0.2, 0.25) is 0 Å². The van der Waals surface area contributed by atoms with Gasteiger partial charge in [0.15, 0.2) is 0 Å². The molecule has 3 rings (SSSR count). The molecule has 1 aliphatic carbocycles. The molecule has 1 nitrogen and oxygen atoms in total. The molecule has 1 N–H and O–H groups in total. The predicted molar refractivity (Wildman–Crippen MR) is 82.6 cm³/mol. The average Bonchev–Trinajstić information content (AvgIpc) is 3.00. The minimum Gasteiger partial charge on any atom is -0.308 e. The lowest BCUT2D eigenvalue weighted by molar-refractivity contribution is 0.327. The number of rotatable bonds is 4. The molecule has 1 saturated carbocycles. The summed E-state index contributed by atoms with van der Waals surface area (Å²) in [6, 6.07) is 16.0. The van der Waals surface area contributed by atoms with E-state index in [0.717, 1.165) is 6.54 Å². The van der Waals surface area contributed by atoms with Crippen LogP contribution in [0.2, 0.25) is 0 Å². The molecular weight excluding hydrogens is 250 g/mol. The van der Waals surface area contributed by atoms with E-state index >= 15 is 0 Å². The molecule has 1 heterocycles. The van der Waals surface area contributed by atoms with Crippen LogP contribution in [0.5, 0.6) is 0 Å². The largest absolute Gasteiger partial charge is 0.308 e. The Balaban J connectivity index is 1.67. The average molecular weight is 271 g/mol. The minimum absolute atomic E-state index is 0.637. The van der Waals surface area contributed by atoms with E-state index in [1.807, 2.05) is 11.3 Å². The topological polar surface area (TPSA) is 12.0 Å². The third kappa shape index (κ3) is 3.26. The minimum atomic E-state index is 0.637. The number of thiophene rings is 1. The van der Waals surface area contributed by atoms with E-state index in [0.29, 0.717) is 12.0 Å². The maximum Gasteiger partial charge on any atom is 0.0302 e.